The van der Waals surface area contributed by atoms with Gasteiger partial charge in [-0.2, -0.15) is 0 Å². The highest BCUT2D eigenvalue weighted by molar-refractivity contribution is 5.17. The van der Waals surface area contributed by atoms with E-state index in [0.717, 1.165) is 11.3 Å². The third kappa shape index (κ3) is 6.18. The number of hydrogen-bond donors (Lipinski definition) is 1. The lowest BCUT2D eigenvalue weighted by atomic mass is 9.89. The molecule has 4 heteroatoms. The molecule has 1 N–H and O–H groups in total. The van der Waals surface area contributed by atoms with Crippen LogP contribution in [0.15, 0.2) is 66.1 Å². The number of benzene rings is 1. The number of aliphatic hydroxyl groups is 1. The van der Waals surface area contributed by atoms with Crippen molar-refractivity contribution >= 4 is 0 Å². The molecule has 0 atom stereocenters. The number of furan rings is 1. The van der Waals surface area contributed by atoms with Crippen LogP contribution in [0.25, 0.3) is 0 Å². The van der Waals surface area contributed by atoms with Gasteiger partial charge in [0.25, 0.3) is 0 Å². The van der Waals surface area contributed by atoms with Gasteiger partial charge < -0.3 is 9.52 Å². The Morgan fingerprint density at radius 2 is 1.79 bits per heavy atom. The van der Waals surface area contributed by atoms with Crippen molar-refractivity contribution in [2.75, 3.05) is 0 Å². The second-order valence-electron chi connectivity index (χ2n) is 7.58. The topological polar surface area (TPSA) is 36.6 Å². The summed E-state index contributed by atoms with van der Waals surface area (Å²) < 4.78 is 19.6. The molecule has 0 aliphatic carbocycles. The van der Waals surface area contributed by atoms with E-state index in [9.17, 15) is 9.50 Å². The van der Waals surface area contributed by atoms with Crippen LogP contribution in [0.1, 0.15) is 56.6 Å². The smallest absolute Gasteiger partial charge is 0.135 e. The summed E-state index contributed by atoms with van der Waals surface area (Å²) >= 11 is 0. The van der Waals surface area contributed by atoms with Gasteiger partial charge in [-0.3, -0.25) is 4.90 Å². The fourth-order valence-corrected chi connectivity index (χ4v) is 3.26. The molecule has 0 unspecified atom stereocenters. The first kappa shape index (κ1) is 22.1. The van der Waals surface area contributed by atoms with Crippen LogP contribution in [-0.2, 0) is 18.7 Å². The van der Waals surface area contributed by atoms with E-state index in [1.165, 1.54) is 6.07 Å². The van der Waals surface area contributed by atoms with Crippen LogP contribution in [-0.4, -0.2) is 16.0 Å². The van der Waals surface area contributed by atoms with Crippen LogP contribution in [0, 0.1) is 5.82 Å². The molecule has 0 bridgehead atoms. The van der Waals surface area contributed by atoms with E-state index in [0.29, 0.717) is 44.5 Å². The normalized spacial score (nSPS) is 11.9. The summed E-state index contributed by atoms with van der Waals surface area (Å²) in [5.41, 5.74) is -0.0970. The molecule has 28 heavy (non-hydrogen) atoms. The van der Waals surface area contributed by atoms with Gasteiger partial charge in [0, 0.05) is 12.6 Å². The lowest BCUT2D eigenvalue weighted by Gasteiger charge is -2.27. The van der Waals surface area contributed by atoms with Crippen molar-refractivity contribution in [2.24, 2.45) is 0 Å². The quantitative estimate of drug-likeness (QED) is 0.459. The third-order valence-corrected chi connectivity index (χ3v) is 5.01. The molecule has 0 spiro atoms. The Morgan fingerprint density at radius 3 is 2.36 bits per heavy atom. The lowest BCUT2D eigenvalue weighted by molar-refractivity contribution is -0.00232. The molecule has 0 saturated heterocycles. The van der Waals surface area contributed by atoms with Crippen LogP contribution in [0.3, 0.4) is 0 Å². The standard InChI is InChI=1S/C24H32FNO2/c1-5-7-14-24(27,15-8-6-2)23-13-12-22(28-23)18-26(19(3)4)17-20-10-9-11-21(25)16-20/h5-6,9-13,16,19,27H,1-2,7-8,14-15,17-18H2,3-4H3. The average molecular weight is 386 g/mol. The van der Waals surface area contributed by atoms with Crippen molar-refractivity contribution < 1.29 is 13.9 Å². The first-order valence-electron chi connectivity index (χ1n) is 9.90. The molecule has 0 amide bonds. The van der Waals surface area contributed by atoms with Gasteiger partial charge in [-0.05, 0) is 69.4 Å². The number of rotatable bonds is 12. The van der Waals surface area contributed by atoms with E-state index in [1.54, 1.807) is 12.1 Å². The molecule has 0 saturated carbocycles. The van der Waals surface area contributed by atoms with E-state index in [2.05, 4.69) is 31.9 Å². The number of hydrogen-bond acceptors (Lipinski definition) is 3. The highest BCUT2D eigenvalue weighted by atomic mass is 19.1. The van der Waals surface area contributed by atoms with E-state index >= 15 is 0 Å². The minimum absolute atomic E-state index is 0.226. The number of allylic oxidation sites excluding steroid dienone is 2. The van der Waals surface area contributed by atoms with Crippen molar-refractivity contribution in [1.82, 2.24) is 4.90 Å². The van der Waals surface area contributed by atoms with Gasteiger partial charge in [0.05, 0.1) is 6.54 Å². The van der Waals surface area contributed by atoms with E-state index in [4.69, 9.17) is 4.42 Å². The molecule has 152 valence electrons. The van der Waals surface area contributed by atoms with Crippen molar-refractivity contribution in [3.8, 4) is 0 Å². The molecule has 1 aromatic heterocycles. The van der Waals surface area contributed by atoms with Crippen molar-refractivity contribution in [1.29, 1.82) is 0 Å². The molecule has 0 radical (unpaired) electrons. The predicted molar refractivity (Wildman–Crippen MR) is 112 cm³/mol. The first-order chi connectivity index (χ1) is 13.4. The van der Waals surface area contributed by atoms with Crippen molar-refractivity contribution in [3.63, 3.8) is 0 Å². The number of halogens is 1. The zero-order valence-electron chi connectivity index (χ0n) is 17.0. The van der Waals surface area contributed by atoms with Crippen molar-refractivity contribution in [3.05, 3.63) is 84.6 Å². The van der Waals surface area contributed by atoms with E-state index in [-0.39, 0.29) is 11.9 Å². The Bertz CT molecular complexity index is 753. The van der Waals surface area contributed by atoms with Crippen LogP contribution < -0.4 is 0 Å². The van der Waals surface area contributed by atoms with Gasteiger partial charge in [0.1, 0.15) is 22.9 Å². The minimum atomic E-state index is -1.02. The Hall–Kier alpha value is -2.17. The average Bonchev–Trinajstić information content (AvgIpc) is 3.13. The van der Waals surface area contributed by atoms with Gasteiger partial charge in [-0.15, -0.1) is 13.2 Å². The summed E-state index contributed by atoms with van der Waals surface area (Å²) in [5, 5.41) is 11.1. The zero-order chi connectivity index (χ0) is 20.6. The monoisotopic (exact) mass is 385 g/mol. The van der Waals surface area contributed by atoms with Gasteiger partial charge >= 0.3 is 0 Å². The Morgan fingerprint density at radius 1 is 1.11 bits per heavy atom. The Kier molecular flexibility index (Phi) is 8.21. The molecule has 0 aliphatic rings. The fourth-order valence-electron chi connectivity index (χ4n) is 3.26. The van der Waals surface area contributed by atoms with E-state index < -0.39 is 5.60 Å². The van der Waals surface area contributed by atoms with Gasteiger partial charge in [0.2, 0.25) is 0 Å². The summed E-state index contributed by atoms with van der Waals surface area (Å²) in [6.07, 6.45) is 6.16. The molecule has 1 aromatic carbocycles. The molecular weight excluding hydrogens is 353 g/mol. The first-order valence-corrected chi connectivity index (χ1v) is 9.90. The minimum Gasteiger partial charge on any atom is -0.462 e. The molecule has 0 fully saturated rings. The van der Waals surface area contributed by atoms with Crippen LogP contribution in [0.4, 0.5) is 4.39 Å². The Labute approximate surface area is 168 Å². The SMILES string of the molecule is C=CCCC(O)(CCC=C)c1ccc(CN(Cc2cccc(F)c2)C(C)C)o1. The van der Waals surface area contributed by atoms with Crippen LogP contribution in [0.2, 0.25) is 0 Å². The van der Waals surface area contributed by atoms with Gasteiger partial charge in [-0.25, -0.2) is 4.39 Å². The maximum Gasteiger partial charge on any atom is 0.135 e. The van der Waals surface area contributed by atoms with Gasteiger partial charge in [-0.1, -0.05) is 24.3 Å². The second-order valence-corrected chi connectivity index (χ2v) is 7.58. The molecule has 2 rings (SSSR count). The molecule has 3 nitrogen and oxygen atoms in total. The predicted octanol–water partition coefficient (Wildman–Crippen LogP) is 5.95. The lowest BCUT2D eigenvalue weighted by Crippen LogP contribution is -2.29. The summed E-state index contributed by atoms with van der Waals surface area (Å²) in [7, 11) is 0. The Balaban J connectivity index is 2.14. The zero-order valence-corrected chi connectivity index (χ0v) is 17.0. The maximum atomic E-state index is 13.5. The summed E-state index contributed by atoms with van der Waals surface area (Å²) in [4.78, 5) is 2.21. The second kappa shape index (κ2) is 10.4. The molecule has 1 heterocycles. The fraction of sp³-hybridized carbons (Fsp3) is 0.417. The largest absolute Gasteiger partial charge is 0.462 e. The summed E-state index contributed by atoms with van der Waals surface area (Å²) in [5.74, 6) is 1.15. The maximum absolute atomic E-state index is 13.5. The van der Waals surface area contributed by atoms with Crippen molar-refractivity contribution in [2.45, 2.75) is 64.3 Å². The summed E-state index contributed by atoms with van der Waals surface area (Å²) in [6.45, 7) is 12.9. The summed E-state index contributed by atoms with van der Waals surface area (Å²) in [6, 6.07) is 10.7. The third-order valence-electron chi connectivity index (χ3n) is 5.01. The van der Waals surface area contributed by atoms with Crippen LogP contribution in [0.5, 0.6) is 0 Å². The highest BCUT2D eigenvalue weighted by Crippen LogP contribution is 2.33. The molecular formula is C24H32FNO2. The van der Waals surface area contributed by atoms with Crippen LogP contribution >= 0.6 is 0 Å². The highest BCUT2D eigenvalue weighted by Gasteiger charge is 2.31. The molecule has 2 aromatic rings. The van der Waals surface area contributed by atoms with Gasteiger partial charge in [0.15, 0.2) is 0 Å². The van der Waals surface area contributed by atoms with E-state index in [1.807, 2.05) is 30.4 Å². The molecule has 0 aliphatic heterocycles. The number of nitrogens with zero attached hydrogens (tertiary/aromatic N) is 1.